The number of nitriles is 1. The van der Waals surface area contributed by atoms with Gasteiger partial charge in [-0.1, -0.05) is 34.9 Å². The Kier molecular flexibility index (Phi) is 10.6. The van der Waals surface area contributed by atoms with Crippen LogP contribution in [0.25, 0.3) is 0 Å². The molecule has 0 spiro atoms. The summed E-state index contributed by atoms with van der Waals surface area (Å²) in [5.74, 6) is 0.811. The van der Waals surface area contributed by atoms with Gasteiger partial charge in [-0.2, -0.15) is 5.26 Å². The Bertz CT molecular complexity index is 352. The molecule has 0 aliphatic rings. The van der Waals surface area contributed by atoms with Crippen LogP contribution in [0.5, 0.6) is 0 Å². The van der Waals surface area contributed by atoms with Gasteiger partial charge in [-0.05, 0) is 65.1 Å². The van der Waals surface area contributed by atoms with E-state index in [0.717, 1.165) is 31.4 Å². The fourth-order valence-corrected chi connectivity index (χ4v) is 2.00. The molecule has 0 atom stereocenters. The van der Waals surface area contributed by atoms with Crippen LogP contribution in [0.3, 0.4) is 0 Å². The molecule has 0 aliphatic carbocycles. The number of hydrogen-bond donors (Lipinski definition) is 0. The summed E-state index contributed by atoms with van der Waals surface area (Å²) in [6.07, 6.45) is 11.3. The Hall–Kier alpha value is -0.940. The number of rotatable bonds is 8. The standard InChI is InChI=1S/C16H25NS/c1-14(2)7-5-8-15(3)9-6-10-16(4)11-12-18-13-17/h7,9,11H,5-6,8,10,12H2,1-4H3/b15-9+,16-11+. The zero-order valence-corrected chi connectivity index (χ0v) is 12.9. The third kappa shape index (κ3) is 11.5. The summed E-state index contributed by atoms with van der Waals surface area (Å²) in [7, 11) is 0. The van der Waals surface area contributed by atoms with Crippen molar-refractivity contribution in [2.45, 2.75) is 53.4 Å². The summed E-state index contributed by atoms with van der Waals surface area (Å²) >= 11 is 1.30. The highest BCUT2D eigenvalue weighted by molar-refractivity contribution is 8.03. The molecular weight excluding hydrogens is 238 g/mol. The van der Waals surface area contributed by atoms with Gasteiger partial charge in [-0.15, -0.1) is 0 Å². The normalized spacial score (nSPS) is 12.2. The molecule has 0 heterocycles. The molecule has 0 saturated carbocycles. The van der Waals surface area contributed by atoms with E-state index in [4.69, 9.17) is 5.26 Å². The molecule has 100 valence electrons. The van der Waals surface area contributed by atoms with Crippen molar-refractivity contribution in [3.05, 3.63) is 34.9 Å². The van der Waals surface area contributed by atoms with Gasteiger partial charge in [0.2, 0.25) is 0 Å². The second-order valence-corrected chi connectivity index (χ2v) is 5.67. The average Bonchev–Trinajstić information content (AvgIpc) is 2.29. The fraction of sp³-hybridized carbons (Fsp3) is 0.562. The molecule has 1 nitrogen and oxygen atoms in total. The van der Waals surface area contributed by atoms with Crippen molar-refractivity contribution in [3.63, 3.8) is 0 Å². The Balaban J connectivity index is 3.83. The number of thioether (sulfide) groups is 1. The highest BCUT2D eigenvalue weighted by atomic mass is 32.2. The Morgan fingerprint density at radius 2 is 1.50 bits per heavy atom. The molecule has 2 heteroatoms. The minimum absolute atomic E-state index is 0.811. The van der Waals surface area contributed by atoms with Gasteiger partial charge < -0.3 is 0 Å². The van der Waals surface area contributed by atoms with E-state index in [1.165, 1.54) is 28.5 Å². The molecule has 0 N–H and O–H groups in total. The lowest BCUT2D eigenvalue weighted by Gasteiger charge is -2.01. The van der Waals surface area contributed by atoms with E-state index >= 15 is 0 Å². The lowest BCUT2D eigenvalue weighted by Crippen LogP contribution is -1.81. The second-order valence-electron chi connectivity index (χ2n) is 4.86. The molecule has 0 unspecified atom stereocenters. The first-order chi connectivity index (χ1) is 8.56. The Morgan fingerprint density at radius 3 is 2.06 bits per heavy atom. The van der Waals surface area contributed by atoms with Gasteiger partial charge in [-0.25, -0.2) is 0 Å². The van der Waals surface area contributed by atoms with Crippen molar-refractivity contribution in [2.24, 2.45) is 0 Å². The summed E-state index contributed by atoms with van der Waals surface area (Å²) in [4.78, 5) is 0. The van der Waals surface area contributed by atoms with E-state index in [-0.39, 0.29) is 0 Å². The van der Waals surface area contributed by atoms with Crippen molar-refractivity contribution >= 4 is 11.8 Å². The third-order valence-corrected chi connectivity index (χ3v) is 3.16. The molecule has 0 bridgehead atoms. The van der Waals surface area contributed by atoms with E-state index in [1.807, 2.05) is 0 Å². The smallest absolute Gasteiger partial charge is 0.133 e. The van der Waals surface area contributed by atoms with Crippen LogP contribution in [0.4, 0.5) is 0 Å². The number of nitrogens with zero attached hydrogens (tertiary/aromatic N) is 1. The van der Waals surface area contributed by atoms with Crippen LogP contribution in [0.15, 0.2) is 34.9 Å². The molecule has 0 radical (unpaired) electrons. The minimum atomic E-state index is 0.811. The molecular formula is C16H25NS. The van der Waals surface area contributed by atoms with Crippen LogP contribution >= 0.6 is 11.8 Å². The lowest BCUT2D eigenvalue weighted by molar-refractivity contribution is 0.917. The van der Waals surface area contributed by atoms with E-state index in [0.29, 0.717) is 0 Å². The van der Waals surface area contributed by atoms with Crippen LogP contribution < -0.4 is 0 Å². The summed E-state index contributed by atoms with van der Waals surface area (Å²) in [5, 5.41) is 10.5. The zero-order valence-electron chi connectivity index (χ0n) is 12.1. The van der Waals surface area contributed by atoms with Crippen molar-refractivity contribution in [3.8, 4) is 5.40 Å². The topological polar surface area (TPSA) is 23.8 Å². The molecule has 0 aromatic heterocycles. The van der Waals surface area contributed by atoms with Crippen molar-refractivity contribution in [1.82, 2.24) is 0 Å². The number of thiocyanates is 1. The maximum atomic E-state index is 8.42. The van der Waals surface area contributed by atoms with Gasteiger partial charge in [0.05, 0.1) is 0 Å². The Morgan fingerprint density at radius 1 is 0.944 bits per heavy atom. The molecule has 0 aliphatic heterocycles. The molecule has 0 aromatic rings. The van der Waals surface area contributed by atoms with Gasteiger partial charge in [0, 0.05) is 5.75 Å². The van der Waals surface area contributed by atoms with E-state index in [9.17, 15) is 0 Å². The first kappa shape index (κ1) is 17.1. The van der Waals surface area contributed by atoms with Crippen LogP contribution in [0, 0.1) is 10.7 Å². The summed E-state index contributed by atoms with van der Waals surface area (Å²) in [5.41, 5.74) is 4.26. The highest BCUT2D eigenvalue weighted by Gasteiger charge is 1.92. The highest BCUT2D eigenvalue weighted by Crippen LogP contribution is 2.12. The number of hydrogen-bond acceptors (Lipinski definition) is 2. The third-order valence-electron chi connectivity index (χ3n) is 2.70. The lowest BCUT2D eigenvalue weighted by atomic mass is 10.1. The fourth-order valence-electron chi connectivity index (χ4n) is 1.56. The molecule has 0 fully saturated rings. The summed E-state index contributed by atoms with van der Waals surface area (Å²) in [6, 6.07) is 0. The van der Waals surface area contributed by atoms with Gasteiger partial charge in [-0.3, -0.25) is 0 Å². The maximum absolute atomic E-state index is 8.42. The summed E-state index contributed by atoms with van der Waals surface area (Å²) < 4.78 is 0. The monoisotopic (exact) mass is 263 g/mol. The molecule has 0 rings (SSSR count). The first-order valence-electron chi connectivity index (χ1n) is 6.51. The predicted octanol–water partition coefficient (Wildman–Crippen LogP) is 5.62. The van der Waals surface area contributed by atoms with Crippen molar-refractivity contribution in [1.29, 1.82) is 5.26 Å². The molecule has 0 saturated heterocycles. The first-order valence-corrected chi connectivity index (χ1v) is 7.50. The second kappa shape index (κ2) is 11.2. The molecule has 0 aromatic carbocycles. The van der Waals surface area contributed by atoms with Gasteiger partial charge in [0.15, 0.2) is 0 Å². The van der Waals surface area contributed by atoms with Crippen LogP contribution in [0.1, 0.15) is 53.4 Å². The quantitative estimate of drug-likeness (QED) is 0.322. The minimum Gasteiger partial charge on any atom is -0.185 e. The number of allylic oxidation sites excluding steroid dienone is 5. The maximum Gasteiger partial charge on any atom is 0.133 e. The van der Waals surface area contributed by atoms with Gasteiger partial charge in [0.1, 0.15) is 5.40 Å². The van der Waals surface area contributed by atoms with Crippen molar-refractivity contribution < 1.29 is 0 Å². The van der Waals surface area contributed by atoms with Crippen LogP contribution in [-0.2, 0) is 0 Å². The molecule has 18 heavy (non-hydrogen) atoms. The van der Waals surface area contributed by atoms with E-state index in [2.05, 4.69) is 51.3 Å². The van der Waals surface area contributed by atoms with E-state index < -0.39 is 0 Å². The van der Waals surface area contributed by atoms with E-state index in [1.54, 1.807) is 0 Å². The van der Waals surface area contributed by atoms with Crippen LogP contribution in [-0.4, -0.2) is 5.75 Å². The van der Waals surface area contributed by atoms with Crippen molar-refractivity contribution in [2.75, 3.05) is 5.75 Å². The van der Waals surface area contributed by atoms with Gasteiger partial charge in [0.25, 0.3) is 0 Å². The zero-order chi connectivity index (χ0) is 13.8. The SMILES string of the molecule is CC(C)=CCC/C(C)=C/CC/C(C)=C/CSC#N. The van der Waals surface area contributed by atoms with Crippen LogP contribution in [0.2, 0.25) is 0 Å². The average molecular weight is 263 g/mol. The molecule has 0 amide bonds. The summed E-state index contributed by atoms with van der Waals surface area (Å²) in [6.45, 7) is 8.65. The Labute approximate surface area is 117 Å². The largest absolute Gasteiger partial charge is 0.185 e. The predicted molar refractivity (Wildman–Crippen MR) is 83.5 cm³/mol. The van der Waals surface area contributed by atoms with Gasteiger partial charge >= 0.3 is 0 Å².